The van der Waals surface area contributed by atoms with Crippen LogP contribution >= 0.6 is 8.58 Å². The summed E-state index contributed by atoms with van der Waals surface area (Å²) >= 11 is 0. The van der Waals surface area contributed by atoms with E-state index in [4.69, 9.17) is 9.47 Å². The molecule has 2 rings (SSSR count). The van der Waals surface area contributed by atoms with Crippen LogP contribution in [-0.4, -0.2) is 32.9 Å². The summed E-state index contributed by atoms with van der Waals surface area (Å²) in [6, 6.07) is 13.0. The Morgan fingerprint density at radius 3 is 2.48 bits per heavy atom. The maximum atomic E-state index is 5.84. The van der Waals surface area contributed by atoms with E-state index in [1.807, 2.05) is 0 Å². The normalized spacial score (nSPS) is 11.6. The maximum Gasteiger partial charge on any atom is 0.188 e. The highest BCUT2D eigenvalue weighted by Crippen LogP contribution is 2.26. The molecule has 4 heteroatoms. The number of ether oxygens (including phenoxy) is 2. The van der Waals surface area contributed by atoms with Crippen LogP contribution in [0.2, 0.25) is 0 Å². The van der Waals surface area contributed by atoms with Crippen molar-refractivity contribution >= 4 is 19.2 Å². The van der Waals surface area contributed by atoms with Gasteiger partial charge in [0.25, 0.3) is 0 Å². The SMILES string of the molecule is COCOc1c(C)cc(C)cc1Pc1ccccc1CN(C)C. The molecule has 0 saturated carbocycles. The van der Waals surface area contributed by atoms with Crippen LogP contribution in [0.4, 0.5) is 0 Å². The molecular weight excluding hydrogens is 305 g/mol. The molecule has 1 atom stereocenters. The van der Waals surface area contributed by atoms with E-state index in [0.29, 0.717) is 8.58 Å². The second-order valence-electron chi connectivity index (χ2n) is 6.03. The number of hydrogen-bond acceptors (Lipinski definition) is 3. The zero-order valence-corrected chi connectivity index (χ0v) is 15.6. The Bertz CT molecular complexity index is 656. The Balaban J connectivity index is 2.36. The van der Waals surface area contributed by atoms with Crippen LogP contribution in [0.3, 0.4) is 0 Å². The van der Waals surface area contributed by atoms with Crippen LogP contribution in [0.15, 0.2) is 36.4 Å². The van der Waals surface area contributed by atoms with Crippen molar-refractivity contribution in [2.75, 3.05) is 28.0 Å². The Kier molecular flexibility index (Phi) is 6.59. The predicted molar refractivity (Wildman–Crippen MR) is 99.8 cm³/mol. The smallest absolute Gasteiger partial charge is 0.188 e. The minimum atomic E-state index is 0.278. The first-order valence-corrected chi connectivity index (χ1v) is 8.74. The fourth-order valence-corrected chi connectivity index (χ4v) is 4.10. The van der Waals surface area contributed by atoms with Gasteiger partial charge >= 0.3 is 0 Å². The molecule has 2 aromatic carbocycles. The third-order valence-corrected chi connectivity index (χ3v) is 4.91. The minimum Gasteiger partial charge on any atom is -0.467 e. The summed E-state index contributed by atoms with van der Waals surface area (Å²) in [5.41, 5.74) is 3.79. The van der Waals surface area contributed by atoms with Crippen molar-refractivity contribution < 1.29 is 9.47 Å². The summed E-state index contributed by atoms with van der Waals surface area (Å²) in [6.45, 7) is 5.45. The van der Waals surface area contributed by atoms with Crippen molar-refractivity contribution in [2.24, 2.45) is 0 Å². The van der Waals surface area contributed by atoms with Gasteiger partial charge in [0, 0.05) is 19.0 Å². The lowest BCUT2D eigenvalue weighted by molar-refractivity contribution is 0.0514. The first-order valence-electron chi connectivity index (χ1n) is 7.74. The molecule has 0 fully saturated rings. The van der Waals surface area contributed by atoms with Crippen LogP contribution < -0.4 is 15.3 Å². The molecule has 0 spiro atoms. The zero-order valence-electron chi connectivity index (χ0n) is 14.6. The Morgan fingerprint density at radius 1 is 1.04 bits per heavy atom. The molecule has 124 valence electrons. The van der Waals surface area contributed by atoms with Crippen molar-refractivity contribution in [3.63, 3.8) is 0 Å². The lowest BCUT2D eigenvalue weighted by atomic mass is 10.1. The van der Waals surface area contributed by atoms with Crippen molar-refractivity contribution in [2.45, 2.75) is 20.4 Å². The van der Waals surface area contributed by atoms with Gasteiger partial charge in [-0.1, -0.05) is 38.9 Å². The molecule has 0 aliphatic rings. The third kappa shape index (κ3) is 5.04. The van der Waals surface area contributed by atoms with Crippen LogP contribution in [0.1, 0.15) is 16.7 Å². The van der Waals surface area contributed by atoms with E-state index in [9.17, 15) is 0 Å². The van der Waals surface area contributed by atoms with E-state index in [1.165, 1.54) is 21.7 Å². The molecule has 0 aliphatic heterocycles. The van der Waals surface area contributed by atoms with Gasteiger partial charge in [0.15, 0.2) is 6.79 Å². The van der Waals surface area contributed by atoms with Crippen molar-refractivity contribution in [3.05, 3.63) is 53.1 Å². The van der Waals surface area contributed by atoms with Crippen molar-refractivity contribution in [1.29, 1.82) is 0 Å². The highest BCUT2D eigenvalue weighted by atomic mass is 31.1. The molecule has 0 bridgehead atoms. The number of benzene rings is 2. The molecule has 0 amide bonds. The molecule has 0 heterocycles. The molecule has 0 aliphatic carbocycles. The molecule has 0 N–H and O–H groups in total. The largest absolute Gasteiger partial charge is 0.467 e. The number of rotatable bonds is 7. The molecule has 3 nitrogen and oxygen atoms in total. The number of hydrogen-bond donors (Lipinski definition) is 0. The van der Waals surface area contributed by atoms with E-state index in [1.54, 1.807) is 7.11 Å². The van der Waals surface area contributed by atoms with Gasteiger partial charge in [-0.05, 0) is 56.0 Å². The van der Waals surface area contributed by atoms with Gasteiger partial charge in [-0.25, -0.2) is 0 Å². The third-order valence-electron chi connectivity index (χ3n) is 3.51. The van der Waals surface area contributed by atoms with Gasteiger partial charge in [0.05, 0.1) is 0 Å². The maximum absolute atomic E-state index is 5.84. The summed E-state index contributed by atoms with van der Waals surface area (Å²) in [5.74, 6) is 0.954. The Labute approximate surface area is 141 Å². The molecule has 0 saturated heterocycles. The van der Waals surface area contributed by atoms with Gasteiger partial charge in [0.2, 0.25) is 0 Å². The molecule has 2 aromatic rings. The fourth-order valence-electron chi connectivity index (χ4n) is 2.62. The summed E-state index contributed by atoms with van der Waals surface area (Å²) in [6.07, 6.45) is 0. The number of nitrogens with zero attached hydrogens (tertiary/aromatic N) is 1. The van der Waals surface area contributed by atoms with E-state index in [0.717, 1.165) is 17.9 Å². The second-order valence-corrected chi connectivity index (χ2v) is 7.36. The van der Waals surface area contributed by atoms with E-state index >= 15 is 0 Å². The van der Waals surface area contributed by atoms with Crippen LogP contribution in [0, 0.1) is 13.8 Å². The van der Waals surface area contributed by atoms with E-state index in [-0.39, 0.29) is 6.79 Å². The molecule has 23 heavy (non-hydrogen) atoms. The highest BCUT2D eigenvalue weighted by molar-refractivity contribution is 7.55. The monoisotopic (exact) mass is 331 g/mol. The van der Waals surface area contributed by atoms with Crippen molar-refractivity contribution in [1.82, 2.24) is 4.90 Å². The zero-order chi connectivity index (χ0) is 16.8. The first kappa shape index (κ1) is 17.9. The average Bonchev–Trinajstić information content (AvgIpc) is 2.48. The van der Waals surface area contributed by atoms with Crippen molar-refractivity contribution in [3.8, 4) is 5.75 Å². The fraction of sp³-hybridized carbons (Fsp3) is 0.368. The van der Waals surface area contributed by atoms with Gasteiger partial charge < -0.3 is 14.4 Å². The van der Waals surface area contributed by atoms with Gasteiger partial charge in [-0.15, -0.1) is 0 Å². The summed E-state index contributed by atoms with van der Waals surface area (Å²) in [7, 11) is 6.42. The number of aryl methyl sites for hydroxylation is 2. The Hall–Kier alpha value is -1.41. The highest BCUT2D eigenvalue weighted by Gasteiger charge is 2.12. The van der Waals surface area contributed by atoms with Gasteiger partial charge in [-0.3, -0.25) is 0 Å². The second kappa shape index (κ2) is 8.44. The lowest BCUT2D eigenvalue weighted by Gasteiger charge is -2.18. The quantitative estimate of drug-likeness (QED) is 0.575. The molecule has 0 radical (unpaired) electrons. The standard InChI is InChI=1S/C19H26NO2P/c1-14-10-15(2)19(22-13-21-5)18(11-14)23-17-9-7-6-8-16(17)12-20(3)4/h6-11,23H,12-13H2,1-5H3. The first-order chi connectivity index (χ1) is 11.0. The van der Waals surface area contributed by atoms with E-state index < -0.39 is 0 Å². The van der Waals surface area contributed by atoms with Crippen LogP contribution in [0.25, 0.3) is 0 Å². The molecule has 0 aromatic heterocycles. The van der Waals surface area contributed by atoms with Gasteiger partial charge in [0.1, 0.15) is 5.75 Å². The minimum absolute atomic E-state index is 0.278. The molecule has 1 unspecified atom stereocenters. The average molecular weight is 331 g/mol. The summed E-state index contributed by atoms with van der Waals surface area (Å²) < 4.78 is 10.9. The summed E-state index contributed by atoms with van der Waals surface area (Å²) in [4.78, 5) is 2.20. The van der Waals surface area contributed by atoms with E-state index in [2.05, 4.69) is 69.2 Å². The number of methoxy groups -OCH3 is 1. The van der Waals surface area contributed by atoms with Crippen LogP contribution in [0.5, 0.6) is 5.75 Å². The molecular formula is C19H26NO2P. The van der Waals surface area contributed by atoms with Gasteiger partial charge in [-0.2, -0.15) is 0 Å². The summed E-state index contributed by atoms with van der Waals surface area (Å²) in [5, 5.41) is 2.61. The predicted octanol–water partition coefficient (Wildman–Crippen LogP) is 2.98. The Morgan fingerprint density at radius 2 is 1.78 bits per heavy atom. The van der Waals surface area contributed by atoms with Crippen LogP contribution in [-0.2, 0) is 11.3 Å². The lowest BCUT2D eigenvalue weighted by Crippen LogP contribution is -2.18. The topological polar surface area (TPSA) is 21.7 Å².